The first kappa shape index (κ1) is 17.0. The van der Waals surface area contributed by atoms with Crippen LogP contribution in [0.15, 0.2) is 48.5 Å². The van der Waals surface area contributed by atoms with Crippen molar-refractivity contribution in [3.8, 4) is 0 Å². The Kier molecular flexibility index (Phi) is 5.39. The molecule has 0 unspecified atom stereocenters. The van der Waals surface area contributed by atoms with Crippen LogP contribution in [0, 0.1) is 0 Å². The maximum Gasteiger partial charge on any atom is 0.416 e. The summed E-state index contributed by atoms with van der Waals surface area (Å²) < 4.78 is 43.1. The minimum absolute atomic E-state index is 0.134. The zero-order valence-electron chi connectivity index (χ0n) is 12.5. The van der Waals surface area contributed by atoms with E-state index in [0.717, 1.165) is 17.7 Å². The second kappa shape index (κ2) is 7.28. The third kappa shape index (κ3) is 4.82. The van der Waals surface area contributed by atoms with Crippen molar-refractivity contribution in [3.05, 3.63) is 65.2 Å². The third-order valence-electron chi connectivity index (χ3n) is 3.21. The zero-order chi connectivity index (χ0) is 16.9. The molecule has 0 radical (unpaired) electrons. The van der Waals surface area contributed by atoms with Crippen molar-refractivity contribution in [1.29, 1.82) is 0 Å². The van der Waals surface area contributed by atoms with Gasteiger partial charge in [0.05, 0.1) is 18.6 Å². The Morgan fingerprint density at radius 1 is 1.13 bits per heavy atom. The minimum Gasteiger partial charge on any atom is -0.380 e. The van der Waals surface area contributed by atoms with Gasteiger partial charge in [0.1, 0.15) is 0 Å². The van der Waals surface area contributed by atoms with Crippen molar-refractivity contribution in [1.82, 2.24) is 0 Å². The van der Waals surface area contributed by atoms with E-state index in [9.17, 15) is 18.0 Å². The lowest BCUT2D eigenvalue weighted by Gasteiger charge is -2.11. The fourth-order valence-electron chi connectivity index (χ4n) is 2.16. The first-order valence-corrected chi connectivity index (χ1v) is 6.93. The Balaban J connectivity index is 2.09. The molecule has 6 heteroatoms. The lowest BCUT2D eigenvalue weighted by Crippen LogP contribution is -2.16. The maximum atomic E-state index is 12.7. The lowest BCUT2D eigenvalue weighted by atomic mass is 10.1. The van der Waals surface area contributed by atoms with Crippen LogP contribution in [0.1, 0.15) is 16.7 Å². The van der Waals surface area contributed by atoms with Crippen molar-refractivity contribution in [2.75, 3.05) is 12.4 Å². The van der Waals surface area contributed by atoms with Gasteiger partial charge in [0.2, 0.25) is 5.91 Å². The summed E-state index contributed by atoms with van der Waals surface area (Å²) in [4.78, 5) is 12.1. The molecule has 2 aromatic rings. The average Bonchev–Trinajstić information content (AvgIpc) is 2.49. The van der Waals surface area contributed by atoms with Gasteiger partial charge < -0.3 is 10.1 Å². The Morgan fingerprint density at radius 3 is 2.57 bits per heavy atom. The van der Waals surface area contributed by atoms with Crippen LogP contribution < -0.4 is 5.32 Å². The highest BCUT2D eigenvalue weighted by Gasteiger charge is 2.30. The molecule has 122 valence electrons. The van der Waals surface area contributed by atoms with Crippen LogP contribution >= 0.6 is 0 Å². The fraction of sp³-hybridized carbons (Fsp3) is 0.235. The van der Waals surface area contributed by atoms with Crippen LogP contribution in [0.3, 0.4) is 0 Å². The van der Waals surface area contributed by atoms with Crippen molar-refractivity contribution >= 4 is 11.6 Å². The van der Waals surface area contributed by atoms with Crippen LogP contribution in [0.5, 0.6) is 0 Å². The van der Waals surface area contributed by atoms with Crippen molar-refractivity contribution in [2.24, 2.45) is 0 Å². The Morgan fingerprint density at radius 2 is 1.87 bits per heavy atom. The topological polar surface area (TPSA) is 38.3 Å². The van der Waals surface area contributed by atoms with Gasteiger partial charge in [-0.1, -0.05) is 36.4 Å². The van der Waals surface area contributed by atoms with Gasteiger partial charge in [0.25, 0.3) is 0 Å². The molecule has 0 aliphatic rings. The number of halogens is 3. The number of carbonyl (C=O) groups is 1. The van der Waals surface area contributed by atoms with E-state index in [4.69, 9.17) is 4.74 Å². The third-order valence-corrected chi connectivity index (χ3v) is 3.21. The predicted octanol–water partition coefficient (Wildman–Crippen LogP) is 4.03. The van der Waals surface area contributed by atoms with Gasteiger partial charge in [-0.3, -0.25) is 4.79 Å². The van der Waals surface area contributed by atoms with Gasteiger partial charge in [-0.15, -0.1) is 0 Å². The van der Waals surface area contributed by atoms with Gasteiger partial charge in [-0.05, 0) is 17.7 Å². The quantitative estimate of drug-likeness (QED) is 0.902. The molecule has 23 heavy (non-hydrogen) atoms. The Hall–Kier alpha value is -2.34. The molecule has 0 saturated carbocycles. The minimum atomic E-state index is -4.42. The molecular formula is C17H16F3NO2. The molecule has 0 fully saturated rings. The van der Waals surface area contributed by atoms with Gasteiger partial charge in [-0.25, -0.2) is 0 Å². The van der Waals surface area contributed by atoms with E-state index < -0.39 is 11.7 Å². The molecule has 0 spiro atoms. The fourth-order valence-corrected chi connectivity index (χ4v) is 2.16. The number of nitrogens with one attached hydrogen (secondary N) is 1. The van der Waals surface area contributed by atoms with E-state index in [1.165, 1.54) is 12.1 Å². The molecule has 0 atom stereocenters. The molecule has 0 saturated heterocycles. The van der Waals surface area contributed by atoms with Gasteiger partial charge in [0, 0.05) is 18.4 Å². The van der Waals surface area contributed by atoms with Crippen molar-refractivity contribution < 1.29 is 22.7 Å². The number of benzene rings is 2. The molecule has 0 aliphatic heterocycles. The largest absolute Gasteiger partial charge is 0.416 e. The van der Waals surface area contributed by atoms with Crippen LogP contribution in [-0.2, 0) is 28.7 Å². The Bertz CT molecular complexity index is 684. The van der Waals surface area contributed by atoms with Gasteiger partial charge in [0.15, 0.2) is 0 Å². The molecule has 1 amide bonds. The summed E-state index contributed by atoms with van der Waals surface area (Å²) in [6, 6.07) is 11.9. The average molecular weight is 323 g/mol. The summed E-state index contributed by atoms with van der Waals surface area (Å²) in [5.41, 5.74) is 0.933. The summed E-state index contributed by atoms with van der Waals surface area (Å²) >= 11 is 0. The lowest BCUT2D eigenvalue weighted by molar-refractivity contribution is -0.137. The smallest absolute Gasteiger partial charge is 0.380 e. The molecule has 0 aromatic heterocycles. The van der Waals surface area contributed by atoms with E-state index in [0.29, 0.717) is 17.9 Å². The normalized spacial score (nSPS) is 11.3. The highest BCUT2D eigenvalue weighted by atomic mass is 19.4. The molecular weight excluding hydrogens is 307 g/mol. The molecule has 1 N–H and O–H groups in total. The summed E-state index contributed by atoms with van der Waals surface area (Å²) in [6.07, 6.45) is -4.55. The molecule has 0 heterocycles. The number of methoxy groups -OCH3 is 1. The summed E-state index contributed by atoms with van der Waals surface area (Å²) in [7, 11) is 1.54. The number of rotatable bonds is 5. The monoisotopic (exact) mass is 323 g/mol. The number of ether oxygens (including phenoxy) is 1. The summed E-state index contributed by atoms with van der Waals surface area (Å²) in [5.74, 6) is -0.382. The number of carbonyl (C=O) groups excluding carboxylic acids is 1. The Labute approximate surface area is 132 Å². The number of para-hydroxylation sites is 1. The maximum absolute atomic E-state index is 12.7. The molecule has 2 aromatic carbocycles. The van der Waals surface area contributed by atoms with E-state index in [1.807, 2.05) is 12.1 Å². The highest BCUT2D eigenvalue weighted by Crippen LogP contribution is 2.29. The van der Waals surface area contributed by atoms with Crippen LogP contribution in [0.4, 0.5) is 18.9 Å². The molecule has 0 bridgehead atoms. The van der Waals surface area contributed by atoms with Crippen molar-refractivity contribution in [2.45, 2.75) is 19.2 Å². The molecule has 3 nitrogen and oxygen atoms in total. The van der Waals surface area contributed by atoms with E-state index in [-0.39, 0.29) is 12.3 Å². The summed E-state index contributed by atoms with van der Waals surface area (Å²) in [6.45, 7) is 0.333. The molecule has 0 aliphatic carbocycles. The number of hydrogen-bond acceptors (Lipinski definition) is 2. The first-order chi connectivity index (χ1) is 10.9. The number of hydrogen-bond donors (Lipinski definition) is 1. The van der Waals surface area contributed by atoms with Gasteiger partial charge >= 0.3 is 6.18 Å². The van der Waals surface area contributed by atoms with Crippen LogP contribution in [0.25, 0.3) is 0 Å². The van der Waals surface area contributed by atoms with E-state index in [1.54, 1.807) is 19.2 Å². The number of amides is 1. The van der Waals surface area contributed by atoms with Crippen LogP contribution in [-0.4, -0.2) is 13.0 Å². The van der Waals surface area contributed by atoms with E-state index in [2.05, 4.69) is 5.32 Å². The second-order valence-electron chi connectivity index (χ2n) is 5.01. The first-order valence-electron chi connectivity index (χ1n) is 6.93. The van der Waals surface area contributed by atoms with Crippen molar-refractivity contribution in [3.63, 3.8) is 0 Å². The second-order valence-corrected chi connectivity index (χ2v) is 5.01. The van der Waals surface area contributed by atoms with Gasteiger partial charge in [-0.2, -0.15) is 13.2 Å². The standard InChI is InChI=1S/C17H16F3NO2/c1-23-11-13-6-2-3-8-15(13)21-16(22)10-12-5-4-7-14(9-12)17(18,19)20/h2-9H,10-11H2,1H3,(H,21,22). The summed E-state index contributed by atoms with van der Waals surface area (Å²) in [5, 5.41) is 2.70. The highest BCUT2D eigenvalue weighted by molar-refractivity contribution is 5.93. The number of anilines is 1. The predicted molar refractivity (Wildman–Crippen MR) is 80.9 cm³/mol. The zero-order valence-corrected chi connectivity index (χ0v) is 12.5. The SMILES string of the molecule is COCc1ccccc1NC(=O)Cc1cccc(C(F)(F)F)c1. The van der Waals surface area contributed by atoms with Crippen LogP contribution in [0.2, 0.25) is 0 Å². The molecule has 2 rings (SSSR count). The number of alkyl halides is 3. The van der Waals surface area contributed by atoms with E-state index >= 15 is 0 Å².